The SMILES string of the molecule is C#Cc1ccc(-c2ccc(C(=O)OC(C)(C)C)cc2)c(OCC(F)(F)F)c1. The van der Waals surface area contributed by atoms with E-state index < -0.39 is 24.4 Å². The Morgan fingerprint density at radius 3 is 2.22 bits per heavy atom. The molecule has 0 aliphatic heterocycles. The van der Waals surface area contributed by atoms with E-state index in [4.69, 9.17) is 15.9 Å². The minimum atomic E-state index is -4.47. The van der Waals surface area contributed by atoms with Gasteiger partial charge in [0.05, 0.1) is 5.56 Å². The predicted molar refractivity (Wildman–Crippen MR) is 96.5 cm³/mol. The summed E-state index contributed by atoms with van der Waals surface area (Å²) < 4.78 is 47.8. The maximum atomic E-state index is 12.5. The van der Waals surface area contributed by atoms with E-state index in [1.165, 1.54) is 6.07 Å². The monoisotopic (exact) mass is 376 g/mol. The highest BCUT2D eigenvalue weighted by Crippen LogP contribution is 2.32. The van der Waals surface area contributed by atoms with Crippen molar-refractivity contribution >= 4 is 5.97 Å². The van der Waals surface area contributed by atoms with Crippen LogP contribution in [0.1, 0.15) is 36.7 Å². The summed E-state index contributed by atoms with van der Waals surface area (Å²) in [7, 11) is 0. The summed E-state index contributed by atoms with van der Waals surface area (Å²) in [6.07, 6.45) is 0.846. The smallest absolute Gasteiger partial charge is 0.422 e. The minimum Gasteiger partial charge on any atom is -0.483 e. The maximum absolute atomic E-state index is 12.5. The molecule has 3 nitrogen and oxygen atoms in total. The molecule has 142 valence electrons. The molecule has 2 rings (SSSR count). The van der Waals surface area contributed by atoms with Gasteiger partial charge in [0.2, 0.25) is 0 Å². The first-order chi connectivity index (χ1) is 12.5. The molecule has 2 aromatic rings. The molecule has 0 bridgehead atoms. The first kappa shape index (κ1) is 20.4. The van der Waals surface area contributed by atoms with Gasteiger partial charge in [-0.15, -0.1) is 6.42 Å². The minimum absolute atomic E-state index is 0.0211. The van der Waals surface area contributed by atoms with Gasteiger partial charge in [0.1, 0.15) is 11.4 Å². The van der Waals surface area contributed by atoms with E-state index in [9.17, 15) is 18.0 Å². The number of alkyl halides is 3. The van der Waals surface area contributed by atoms with Crippen LogP contribution in [0.25, 0.3) is 11.1 Å². The van der Waals surface area contributed by atoms with Gasteiger partial charge in [0, 0.05) is 11.1 Å². The van der Waals surface area contributed by atoms with Crippen molar-refractivity contribution in [3.05, 3.63) is 53.6 Å². The largest absolute Gasteiger partial charge is 0.483 e. The number of halogens is 3. The Kier molecular flexibility index (Phi) is 5.85. The molecule has 0 radical (unpaired) electrons. The Morgan fingerprint density at radius 1 is 1.07 bits per heavy atom. The molecule has 0 atom stereocenters. The number of carbonyl (C=O) groups excluding carboxylic acids is 1. The first-order valence-corrected chi connectivity index (χ1v) is 8.12. The summed E-state index contributed by atoms with van der Waals surface area (Å²) >= 11 is 0. The van der Waals surface area contributed by atoms with E-state index in [1.54, 1.807) is 57.2 Å². The van der Waals surface area contributed by atoms with Gasteiger partial charge in [-0.3, -0.25) is 0 Å². The molecule has 2 aromatic carbocycles. The Labute approximate surface area is 156 Å². The van der Waals surface area contributed by atoms with Gasteiger partial charge in [-0.05, 0) is 56.7 Å². The fraction of sp³-hybridized carbons (Fsp3) is 0.286. The molecule has 0 N–H and O–H groups in total. The molecule has 0 fully saturated rings. The normalized spacial score (nSPS) is 11.6. The molecular formula is C21H19F3O3. The zero-order chi connectivity index (χ0) is 20.2. The van der Waals surface area contributed by atoms with Crippen LogP contribution >= 0.6 is 0 Å². The molecule has 0 heterocycles. The van der Waals surface area contributed by atoms with Crippen molar-refractivity contribution in [3.8, 4) is 29.2 Å². The summed E-state index contributed by atoms with van der Waals surface area (Å²) in [4.78, 5) is 12.1. The van der Waals surface area contributed by atoms with Gasteiger partial charge < -0.3 is 9.47 Å². The third kappa shape index (κ3) is 6.07. The fourth-order valence-electron chi connectivity index (χ4n) is 2.25. The second-order valence-electron chi connectivity index (χ2n) is 6.84. The third-order valence-corrected chi connectivity index (χ3v) is 3.37. The van der Waals surface area contributed by atoms with Crippen LogP contribution < -0.4 is 4.74 Å². The number of carbonyl (C=O) groups is 1. The summed E-state index contributed by atoms with van der Waals surface area (Å²) in [5.74, 6) is 1.91. The Hall–Kier alpha value is -2.94. The number of ether oxygens (including phenoxy) is 2. The summed E-state index contributed by atoms with van der Waals surface area (Å²) in [6, 6.07) is 10.9. The van der Waals surface area contributed by atoms with Gasteiger partial charge in [0.25, 0.3) is 0 Å². The summed E-state index contributed by atoms with van der Waals surface area (Å²) in [5.41, 5.74) is 1.14. The van der Waals surface area contributed by atoms with Crippen LogP contribution in [0.5, 0.6) is 5.75 Å². The summed E-state index contributed by atoms with van der Waals surface area (Å²) in [6.45, 7) is 3.85. The van der Waals surface area contributed by atoms with E-state index in [0.29, 0.717) is 22.3 Å². The van der Waals surface area contributed by atoms with E-state index in [1.807, 2.05) is 0 Å². The lowest BCUT2D eigenvalue weighted by molar-refractivity contribution is -0.153. The van der Waals surface area contributed by atoms with E-state index >= 15 is 0 Å². The molecule has 0 spiro atoms. The van der Waals surface area contributed by atoms with Crippen LogP contribution in [-0.2, 0) is 4.74 Å². The molecule has 0 aliphatic rings. The van der Waals surface area contributed by atoms with Crippen molar-refractivity contribution in [3.63, 3.8) is 0 Å². The fourth-order valence-corrected chi connectivity index (χ4v) is 2.25. The number of esters is 1. The molecule has 0 saturated carbocycles. The van der Waals surface area contributed by atoms with Gasteiger partial charge in [-0.2, -0.15) is 13.2 Å². The molecule has 6 heteroatoms. The lowest BCUT2D eigenvalue weighted by atomic mass is 10.0. The average Bonchev–Trinajstić information content (AvgIpc) is 2.57. The van der Waals surface area contributed by atoms with Gasteiger partial charge in [-0.1, -0.05) is 18.1 Å². The number of terminal acetylenes is 1. The highest BCUT2D eigenvalue weighted by Gasteiger charge is 2.29. The predicted octanol–water partition coefficient (Wildman–Crippen LogP) is 5.23. The third-order valence-electron chi connectivity index (χ3n) is 3.37. The van der Waals surface area contributed by atoms with Crippen LogP contribution in [0, 0.1) is 12.3 Å². The van der Waals surface area contributed by atoms with Crippen LogP contribution in [-0.4, -0.2) is 24.4 Å². The molecule has 0 amide bonds. The highest BCUT2D eigenvalue weighted by molar-refractivity contribution is 5.90. The van der Waals surface area contributed by atoms with Crippen LogP contribution in [0.3, 0.4) is 0 Å². The van der Waals surface area contributed by atoms with Crippen LogP contribution in [0.15, 0.2) is 42.5 Å². The van der Waals surface area contributed by atoms with E-state index in [0.717, 1.165) is 0 Å². The Morgan fingerprint density at radius 2 is 1.70 bits per heavy atom. The molecule has 27 heavy (non-hydrogen) atoms. The van der Waals surface area contributed by atoms with Gasteiger partial charge in [0.15, 0.2) is 6.61 Å². The average molecular weight is 376 g/mol. The standard InChI is InChI=1S/C21H19F3O3/c1-5-14-6-11-17(18(12-14)26-13-21(22,23)24)15-7-9-16(10-8-15)19(25)27-20(2,3)4/h1,6-12H,13H2,2-4H3. The topological polar surface area (TPSA) is 35.5 Å². The number of benzene rings is 2. The van der Waals surface area contributed by atoms with Gasteiger partial charge in [-0.25, -0.2) is 4.79 Å². The summed E-state index contributed by atoms with van der Waals surface area (Å²) in [5, 5.41) is 0. The number of hydrogen-bond acceptors (Lipinski definition) is 3. The number of hydrogen-bond donors (Lipinski definition) is 0. The molecule has 0 aliphatic carbocycles. The molecule has 0 aromatic heterocycles. The molecule has 0 unspecified atom stereocenters. The van der Waals surface area contributed by atoms with Crippen molar-refractivity contribution < 1.29 is 27.4 Å². The van der Waals surface area contributed by atoms with Crippen LogP contribution in [0.4, 0.5) is 13.2 Å². The van der Waals surface area contributed by atoms with Crippen molar-refractivity contribution in [2.45, 2.75) is 32.5 Å². The quantitative estimate of drug-likeness (QED) is 0.541. The van der Waals surface area contributed by atoms with Crippen molar-refractivity contribution in [2.75, 3.05) is 6.61 Å². The second-order valence-corrected chi connectivity index (χ2v) is 6.84. The lowest BCUT2D eigenvalue weighted by Crippen LogP contribution is -2.23. The molecular weight excluding hydrogens is 357 g/mol. The second kappa shape index (κ2) is 7.75. The maximum Gasteiger partial charge on any atom is 0.422 e. The van der Waals surface area contributed by atoms with Crippen molar-refractivity contribution in [1.82, 2.24) is 0 Å². The van der Waals surface area contributed by atoms with Crippen molar-refractivity contribution in [2.24, 2.45) is 0 Å². The van der Waals surface area contributed by atoms with Crippen molar-refractivity contribution in [1.29, 1.82) is 0 Å². The Bertz CT molecular complexity index is 854. The highest BCUT2D eigenvalue weighted by atomic mass is 19.4. The zero-order valence-corrected chi connectivity index (χ0v) is 15.2. The zero-order valence-electron chi connectivity index (χ0n) is 15.2. The van der Waals surface area contributed by atoms with Gasteiger partial charge >= 0.3 is 12.1 Å². The first-order valence-electron chi connectivity index (χ1n) is 8.12. The number of rotatable bonds is 4. The van der Waals surface area contributed by atoms with Crippen LogP contribution in [0.2, 0.25) is 0 Å². The van der Waals surface area contributed by atoms with E-state index in [-0.39, 0.29) is 5.75 Å². The lowest BCUT2D eigenvalue weighted by Gasteiger charge is -2.19. The van der Waals surface area contributed by atoms with E-state index in [2.05, 4.69) is 5.92 Å². The molecule has 0 saturated heterocycles. The Balaban J connectivity index is 2.32.